The highest BCUT2D eigenvalue weighted by molar-refractivity contribution is 5.84. The van der Waals surface area contributed by atoms with Crippen molar-refractivity contribution < 1.29 is 14.7 Å². The molecular formula is C14H18N2O3. The molecule has 1 fully saturated rings. The normalized spacial score (nSPS) is 15.8. The van der Waals surface area contributed by atoms with E-state index in [9.17, 15) is 9.59 Å². The molecule has 1 atom stereocenters. The summed E-state index contributed by atoms with van der Waals surface area (Å²) in [6.07, 6.45) is 1.84. The number of carbonyl (C=O) groups excluding carboxylic acids is 1. The molecule has 0 bridgehead atoms. The number of amides is 1. The molecule has 102 valence electrons. The molecule has 0 spiro atoms. The first-order valence-electron chi connectivity index (χ1n) is 6.42. The maximum Gasteiger partial charge on any atom is 0.305 e. The van der Waals surface area contributed by atoms with Crippen LogP contribution in [0.15, 0.2) is 30.3 Å². The number of aliphatic carboxylic acids is 1. The lowest BCUT2D eigenvalue weighted by Gasteiger charge is -2.25. The van der Waals surface area contributed by atoms with Crippen LogP contribution < -0.4 is 5.73 Å². The van der Waals surface area contributed by atoms with Crippen molar-refractivity contribution in [3.05, 3.63) is 35.9 Å². The molecule has 1 aliphatic carbocycles. The van der Waals surface area contributed by atoms with E-state index in [1.807, 2.05) is 30.3 Å². The molecule has 19 heavy (non-hydrogen) atoms. The van der Waals surface area contributed by atoms with E-state index in [1.54, 1.807) is 4.90 Å². The van der Waals surface area contributed by atoms with Gasteiger partial charge in [0.15, 0.2) is 0 Å². The summed E-state index contributed by atoms with van der Waals surface area (Å²) in [6, 6.07) is 8.61. The lowest BCUT2D eigenvalue weighted by Crippen LogP contribution is -2.41. The molecule has 0 radical (unpaired) electrons. The van der Waals surface area contributed by atoms with Crippen molar-refractivity contribution in [2.24, 2.45) is 5.73 Å². The zero-order valence-electron chi connectivity index (χ0n) is 10.7. The Hall–Kier alpha value is -1.88. The zero-order valence-corrected chi connectivity index (χ0v) is 10.7. The van der Waals surface area contributed by atoms with E-state index in [-0.39, 0.29) is 24.9 Å². The van der Waals surface area contributed by atoms with Gasteiger partial charge < -0.3 is 15.7 Å². The molecule has 0 aromatic heterocycles. The van der Waals surface area contributed by atoms with Gasteiger partial charge in [-0.2, -0.15) is 0 Å². The first-order chi connectivity index (χ1) is 9.09. The third-order valence-electron chi connectivity index (χ3n) is 3.26. The number of nitrogens with zero attached hydrogens (tertiary/aromatic N) is 1. The summed E-state index contributed by atoms with van der Waals surface area (Å²) in [7, 11) is 0. The van der Waals surface area contributed by atoms with Gasteiger partial charge in [-0.3, -0.25) is 9.59 Å². The fourth-order valence-corrected chi connectivity index (χ4v) is 2.06. The number of carbonyl (C=O) groups is 2. The third-order valence-corrected chi connectivity index (χ3v) is 3.26. The van der Waals surface area contributed by atoms with Crippen LogP contribution in [0.3, 0.4) is 0 Å². The summed E-state index contributed by atoms with van der Waals surface area (Å²) in [4.78, 5) is 24.6. The van der Waals surface area contributed by atoms with Gasteiger partial charge in [-0.1, -0.05) is 30.3 Å². The van der Waals surface area contributed by atoms with Crippen molar-refractivity contribution in [2.75, 3.05) is 6.54 Å². The van der Waals surface area contributed by atoms with Crippen LogP contribution >= 0.6 is 0 Å². The summed E-state index contributed by atoms with van der Waals surface area (Å²) in [5.74, 6) is -1.08. The highest BCUT2D eigenvalue weighted by Gasteiger charge is 2.35. The van der Waals surface area contributed by atoms with Gasteiger partial charge in [0, 0.05) is 12.6 Å². The first-order valence-corrected chi connectivity index (χ1v) is 6.42. The summed E-state index contributed by atoms with van der Waals surface area (Å²) in [5, 5.41) is 8.73. The average Bonchev–Trinajstić information content (AvgIpc) is 3.23. The largest absolute Gasteiger partial charge is 0.481 e. The van der Waals surface area contributed by atoms with Gasteiger partial charge in [-0.05, 0) is 18.4 Å². The lowest BCUT2D eigenvalue weighted by atomic mass is 10.1. The monoisotopic (exact) mass is 262 g/mol. The highest BCUT2D eigenvalue weighted by atomic mass is 16.4. The van der Waals surface area contributed by atoms with Gasteiger partial charge in [0.25, 0.3) is 0 Å². The molecule has 1 aliphatic rings. The second-order valence-corrected chi connectivity index (χ2v) is 4.79. The van der Waals surface area contributed by atoms with E-state index in [1.165, 1.54) is 0 Å². The molecule has 0 heterocycles. The Labute approximate surface area is 112 Å². The number of rotatable bonds is 6. The van der Waals surface area contributed by atoms with Gasteiger partial charge in [0.1, 0.15) is 6.04 Å². The predicted octanol–water partition coefficient (Wildman–Crippen LogP) is 1.15. The van der Waals surface area contributed by atoms with Crippen LogP contribution in [0.25, 0.3) is 0 Å². The SMILES string of the molecule is NC(C(=O)N(CCC(=O)O)C1CC1)c1ccccc1. The number of carboxylic acid groups (broad SMARTS) is 1. The van der Waals surface area contributed by atoms with Crippen molar-refractivity contribution in [2.45, 2.75) is 31.3 Å². The summed E-state index contributed by atoms with van der Waals surface area (Å²) in [6.45, 7) is 0.235. The van der Waals surface area contributed by atoms with Gasteiger partial charge in [-0.25, -0.2) is 0 Å². The summed E-state index contributed by atoms with van der Waals surface area (Å²) >= 11 is 0. The Kier molecular flexibility index (Phi) is 4.16. The minimum absolute atomic E-state index is 0.0379. The van der Waals surface area contributed by atoms with Crippen LogP contribution in [-0.4, -0.2) is 34.5 Å². The lowest BCUT2D eigenvalue weighted by molar-refractivity contribution is -0.139. The molecule has 1 aromatic carbocycles. The first kappa shape index (κ1) is 13.5. The number of carboxylic acids is 1. The topological polar surface area (TPSA) is 83.6 Å². The fraction of sp³-hybridized carbons (Fsp3) is 0.429. The Morgan fingerprint density at radius 1 is 1.32 bits per heavy atom. The Morgan fingerprint density at radius 3 is 2.47 bits per heavy atom. The van der Waals surface area contributed by atoms with Gasteiger partial charge in [0.05, 0.1) is 6.42 Å². The Morgan fingerprint density at radius 2 is 1.95 bits per heavy atom. The van der Waals surface area contributed by atoms with Crippen LogP contribution in [0.2, 0.25) is 0 Å². The van der Waals surface area contributed by atoms with Crippen LogP contribution in [0, 0.1) is 0 Å². The number of hydrogen-bond acceptors (Lipinski definition) is 3. The van der Waals surface area contributed by atoms with Crippen molar-refractivity contribution in [3.8, 4) is 0 Å². The summed E-state index contributed by atoms with van der Waals surface area (Å²) < 4.78 is 0. The minimum Gasteiger partial charge on any atom is -0.481 e. The van der Waals surface area contributed by atoms with Gasteiger partial charge >= 0.3 is 5.97 Å². The van der Waals surface area contributed by atoms with Crippen LogP contribution in [0.4, 0.5) is 0 Å². The van der Waals surface area contributed by atoms with Crippen molar-refractivity contribution >= 4 is 11.9 Å². The maximum absolute atomic E-state index is 12.3. The minimum atomic E-state index is -0.897. The second kappa shape index (κ2) is 5.84. The Bertz CT molecular complexity index is 457. The Balaban J connectivity index is 2.04. The van der Waals surface area contributed by atoms with E-state index in [0.717, 1.165) is 18.4 Å². The maximum atomic E-state index is 12.3. The smallest absolute Gasteiger partial charge is 0.305 e. The fourth-order valence-electron chi connectivity index (χ4n) is 2.06. The third kappa shape index (κ3) is 3.54. The van der Waals surface area contributed by atoms with Crippen molar-refractivity contribution in [1.29, 1.82) is 0 Å². The van der Waals surface area contributed by atoms with E-state index in [0.29, 0.717) is 0 Å². The molecule has 5 nitrogen and oxygen atoms in total. The summed E-state index contributed by atoms with van der Waals surface area (Å²) in [5.41, 5.74) is 6.73. The molecule has 1 aromatic rings. The quantitative estimate of drug-likeness (QED) is 0.805. The van der Waals surface area contributed by atoms with Crippen LogP contribution in [0.5, 0.6) is 0 Å². The molecule has 2 rings (SSSR count). The standard InChI is InChI=1S/C14H18N2O3/c15-13(10-4-2-1-3-5-10)14(19)16(11-6-7-11)9-8-12(17)18/h1-5,11,13H,6-9,15H2,(H,17,18). The van der Waals surface area contributed by atoms with E-state index in [4.69, 9.17) is 10.8 Å². The van der Waals surface area contributed by atoms with Crippen LogP contribution in [0.1, 0.15) is 30.9 Å². The number of hydrogen-bond donors (Lipinski definition) is 2. The van der Waals surface area contributed by atoms with Crippen molar-refractivity contribution in [3.63, 3.8) is 0 Å². The van der Waals surface area contributed by atoms with E-state index < -0.39 is 12.0 Å². The molecule has 3 N–H and O–H groups in total. The number of nitrogens with two attached hydrogens (primary N) is 1. The van der Waals surface area contributed by atoms with Gasteiger partial charge in [0.2, 0.25) is 5.91 Å². The predicted molar refractivity (Wildman–Crippen MR) is 70.4 cm³/mol. The van der Waals surface area contributed by atoms with Crippen molar-refractivity contribution in [1.82, 2.24) is 4.90 Å². The van der Waals surface area contributed by atoms with Crippen LogP contribution in [-0.2, 0) is 9.59 Å². The van der Waals surface area contributed by atoms with E-state index in [2.05, 4.69) is 0 Å². The molecule has 1 saturated carbocycles. The zero-order chi connectivity index (χ0) is 13.8. The molecule has 0 aliphatic heterocycles. The van der Waals surface area contributed by atoms with Gasteiger partial charge in [-0.15, -0.1) is 0 Å². The molecule has 0 saturated heterocycles. The molecule has 1 amide bonds. The number of benzene rings is 1. The molecule has 5 heteroatoms. The van der Waals surface area contributed by atoms with E-state index >= 15 is 0 Å². The highest BCUT2D eigenvalue weighted by Crippen LogP contribution is 2.29. The molecule has 1 unspecified atom stereocenters. The molecular weight excluding hydrogens is 244 g/mol. The second-order valence-electron chi connectivity index (χ2n) is 4.79. The average molecular weight is 262 g/mol.